The molecule has 2 aromatic heterocycles. The van der Waals surface area contributed by atoms with Gasteiger partial charge >= 0.3 is 0 Å². The zero-order valence-electron chi connectivity index (χ0n) is 9.24. The van der Waals surface area contributed by atoms with E-state index in [1.807, 2.05) is 11.6 Å². The smallest absolute Gasteiger partial charge is 0.191 e. The third-order valence-corrected chi connectivity index (χ3v) is 4.55. The van der Waals surface area contributed by atoms with Gasteiger partial charge in [0.15, 0.2) is 5.16 Å². The molecule has 1 saturated carbocycles. The third-order valence-electron chi connectivity index (χ3n) is 2.64. The molecular formula is C10H13N5S2. The number of thioether (sulfide) groups is 1. The second-order valence-electron chi connectivity index (χ2n) is 3.92. The summed E-state index contributed by atoms with van der Waals surface area (Å²) in [7, 11) is 0. The zero-order chi connectivity index (χ0) is 11.7. The molecule has 3 rings (SSSR count). The van der Waals surface area contributed by atoms with E-state index >= 15 is 0 Å². The van der Waals surface area contributed by atoms with Crippen LogP contribution in [0.2, 0.25) is 0 Å². The van der Waals surface area contributed by atoms with Gasteiger partial charge in [0.05, 0.1) is 12.3 Å². The molecule has 17 heavy (non-hydrogen) atoms. The van der Waals surface area contributed by atoms with Crippen molar-refractivity contribution in [1.29, 1.82) is 0 Å². The Kier molecular flexibility index (Phi) is 3.13. The lowest BCUT2D eigenvalue weighted by atomic mass is 10.5. The molecule has 0 aliphatic heterocycles. The van der Waals surface area contributed by atoms with Crippen molar-refractivity contribution in [2.75, 3.05) is 0 Å². The lowest BCUT2D eigenvalue weighted by Crippen LogP contribution is -2.08. The highest BCUT2D eigenvalue weighted by molar-refractivity contribution is 7.98. The van der Waals surface area contributed by atoms with Crippen molar-refractivity contribution in [1.82, 2.24) is 19.7 Å². The Morgan fingerprint density at radius 1 is 1.47 bits per heavy atom. The summed E-state index contributed by atoms with van der Waals surface area (Å²) in [5.41, 5.74) is 5.68. The van der Waals surface area contributed by atoms with Crippen molar-refractivity contribution >= 4 is 23.1 Å². The molecule has 0 bridgehead atoms. The predicted octanol–water partition coefficient (Wildman–Crippen LogP) is 1.82. The van der Waals surface area contributed by atoms with Gasteiger partial charge in [-0.3, -0.25) is 0 Å². The molecule has 90 valence electrons. The SMILES string of the molecule is NCc1nnc(SCc2nccs2)n1C1CC1. The maximum Gasteiger partial charge on any atom is 0.191 e. The molecule has 2 N–H and O–H groups in total. The fourth-order valence-corrected chi connectivity index (χ4v) is 3.36. The van der Waals surface area contributed by atoms with Gasteiger partial charge in [-0.05, 0) is 12.8 Å². The van der Waals surface area contributed by atoms with Gasteiger partial charge in [-0.15, -0.1) is 21.5 Å². The fraction of sp³-hybridized carbons (Fsp3) is 0.500. The summed E-state index contributed by atoms with van der Waals surface area (Å²) in [5.74, 6) is 1.75. The summed E-state index contributed by atoms with van der Waals surface area (Å²) < 4.78 is 2.19. The van der Waals surface area contributed by atoms with Crippen LogP contribution in [0.4, 0.5) is 0 Å². The van der Waals surface area contributed by atoms with Crippen molar-refractivity contribution in [2.45, 2.75) is 36.3 Å². The van der Waals surface area contributed by atoms with Crippen molar-refractivity contribution in [2.24, 2.45) is 5.73 Å². The van der Waals surface area contributed by atoms with Crippen LogP contribution in [0.25, 0.3) is 0 Å². The topological polar surface area (TPSA) is 69.6 Å². The summed E-state index contributed by atoms with van der Waals surface area (Å²) in [6, 6.07) is 0.572. The number of rotatable bonds is 5. The van der Waals surface area contributed by atoms with E-state index in [4.69, 9.17) is 5.73 Å². The number of nitrogens with two attached hydrogens (primary N) is 1. The van der Waals surface area contributed by atoms with Crippen molar-refractivity contribution in [3.8, 4) is 0 Å². The van der Waals surface area contributed by atoms with Gasteiger partial charge in [-0.1, -0.05) is 11.8 Å². The van der Waals surface area contributed by atoms with Crippen LogP contribution in [0.5, 0.6) is 0 Å². The van der Waals surface area contributed by atoms with Gasteiger partial charge in [0.25, 0.3) is 0 Å². The molecule has 0 atom stereocenters. The van der Waals surface area contributed by atoms with Gasteiger partial charge in [0.2, 0.25) is 0 Å². The molecule has 2 heterocycles. The van der Waals surface area contributed by atoms with Gasteiger partial charge < -0.3 is 10.3 Å². The molecule has 0 radical (unpaired) electrons. The minimum Gasteiger partial charge on any atom is -0.324 e. The fourth-order valence-electron chi connectivity index (χ4n) is 1.70. The van der Waals surface area contributed by atoms with Gasteiger partial charge in [0, 0.05) is 17.6 Å². The zero-order valence-corrected chi connectivity index (χ0v) is 10.9. The van der Waals surface area contributed by atoms with Crippen LogP contribution >= 0.6 is 23.1 Å². The number of aromatic nitrogens is 4. The normalized spacial score (nSPS) is 15.4. The molecule has 0 amide bonds. The highest BCUT2D eigenvalue weighted by atomic mass is 32.2. The minimum absolute atomic E-state index is 0.460. The quantitative estimate of drug-likeness (QED) is 0.837. The second kappa shape index (κ2) is 4.75. The standard InChI is InChI=1S/C10H13N5S2/c11-5-8-13-14-10(15(8)7-1-2-7)17-6-9-12-3-4-16-9/h3-4,7H,1-2,5-6,11H2. The third kappa shape index (κ3) is 2.36. The second-order valence-corrected chi connectivity index (χ2v) is 5.84. The van der Waals surface area contributed by atoms with Crippen LogP contribution in [-0.4, -0.2) is 19.7 Å². The molecule has 0 unspecified atom stereocenters. The van der Waals surface area contributed by atoms with Gasteiger partial charge in [-0.2, -0.15) is 0 Å². The highest BCUT2D eigenvalue weighted by Gasteiger charge is 2.29. The molecule has 0 aromatic carbocycles. The van der Waals surface area contributed by atoms with Gasteiger partial charge in [-0.25, -0.2) is 4.98 Å². The molecule has 1 aliphatic rings. The summed E-state index contributed by atoms with van der Waals surface area (Å²) in [5, 5.41) is 12.5. The Bertz CT molecular complexity index is 489. The van der Waals surface area contributed by atoms with Crippen LogP contribution < -0.4 is 5.73 Å². The van der Waals surface area contributed by atoms with E-state index in [1.54, 1.807) is 23.1 Å². The van der Waals surface area contributed by atoms with Crippen LogP contribution in [0, 0.1) is 0 Å². The molecule has 2 aromatic rings. The largest absolute Gasteiger partial charge is 0.324 e. The molecular weight excluding hydrogens is 254 g/mol. The molecule has 0 spiro atoms. The number of thiazole rings is 1. The van der Waals surface area contributed by atoms with Crippen LogP contribution in [0.3, 0.4) is 0 Å². The first-order valence-corrected chi connectivity index (χ1v) is 7.40. The minimum atomic E-state index is 0.460. The number of hydrogen-bond donors (Lipinski definition) is 1. The lowest BCUT2D eigenvalue weighted by molar-refractivity contribution is 0.626. The molecule has 0 saturated heterocycles. The van der Waals surface area contributed by atoms with Gasteiger partial charge in [0.1, 0.15) is 10.8 Å². The Morgan fingerprint density at radius 2 is 2.35 bits per heavy atom. The summed E-state index contributed by atoms with van der Waals surface area (Å²) in [6.45, 7) is 0.460. The van der Waals surface area contributed by atoms with E-state index in [9.17, 15) is 0 Å². The Morgan fingerprint density at radius 3 is 3.00 bits per heavy atom. The van der Waals surface area contributed by atoms with E-state index < -0.39 is 0 Å². The first-order valence-electron chi connectivity index (χ1n) is 5.53. The number of nitrogens with zero attached hydrogens (tertiary/aromatic N) is 4. The summed E-state index contributed by atoms with van der Waals surface area (Å²) in [6.07, 6.45) is 4.27. The van der Waals surface area contributed by atoms with E-state index in [-0.39, 0.29) is 0 Å². The summed E-state index contributed by atoms with van der Waals surface area (Å²) >= 11 is 3.36. The molecule has 5 nitrogen and oxygen atoms in total. The predicted molar refractivity (Wildman–Crippen MR) is 67.9 cm³/mol. The first kappa shape index (κ1) is 11.2. The average molecular weight is 267 g/mol. The monoisotopic (exact) mass is 267 g/mol. The van der Waals surface area contributed by atoms with Crippen molar-refractivity contribution in [3.05, 3.63) is 22.4 Å². The maximum absolute atomic E-state index is 5.68. The molecule has 1 aliphatic carbocycles. The Balaban J connectivity index is 1.76. The van der Waals surface area contributed by atoms with E-state index in [1.165, 1.54) is 12.8 Å². The number of hydrogen-bond acceptors (Lipinski definition) is 6. The van der Waals surface area contributed by atoms with E-state index in [0.29, 0.717) is 12.6 Å². The Hall–Kier alpha value is -0.920. The first-order chi connectivity index (χ1) is 8.38. The average Bonchev–Trinajstić information content (AvgIpc) is 2.92. The lowest BCUT2D eigenvalue weighted by Gasteiger charge is -2.06. The highest BCUT2D eigenvalue weighted by Crippen LogP contribution is 2.39. The molecule has 7 heteroatoms. The van der Waals surface area contributed by atoms with E-state index in [2.05, 4.69) is 19.7 Å². The van der Waals surface area contributed by atoms with Crippen molar-refractivity contribution in [3.63, 3.8) is 0 Å². The van der Waals surface area contributed by atoms with E-state index in [0.717, 1.165) is 21.7 Å². The molecule has 1 fully saturated rings. The Labute approximate surface area is 107 Å². The van der Waals surface area contributed by atoms with Crippen LogP contribution in [0.15, 0.2) is 16.7 Å². The maximum atomic E-state index is 5.68. The van der Waals surface area contributed by atoms with Crippen LogP contribution in [-0.2, 0) is 12.3 Å². The van der Waals surface area contributed by atoms with Crippen molar-refractivity contribution < 1.29 is 0 Å². The summed E-state index contributed by atoms with van der Waals surface area (Å²) in [4.78, 5) is 4.26. The van der Waals surface area contributed by atoms with Crippen LogP contribution in [0.1, 0.15) is 29.7 Å².